The van der Waals surface area contributed by atoms with Crippen LogP contribution in [-0.2, 0) is 25.6 Å². The highest BCUT2D eigenvalue weighted by Crippen LogP contribution is 2.31. The Bertz CT molecular complexity index is 1040. The summed E-state index contributed by atoms with van der Waals surface area (Å²) in [5.41, 5.74) is 1.90. The number of nitrogens with zero attached hydrogens (tertiary/aromatic N) is 4. The van der Waals surface area contributed by atoms with Crippen LogP contribution in [-0.4, -0.2) is 28.0 Å². The predicted molar refractivity (Wildman–Crippen MR) is 110 cm³/mol. The zero-order valence-electron chi connectivity index (χ0n) is 16.0. The first-order valence-electron chi connectivity index (χ1n) is 9.50. The number of rotatable bonds is 5. The van der Waals surface area contributed by atoms with E-state index in [1.165, 1.54) is 18.5 Å². The number of alkyl halides is 3. The van der Waals surface area contributed by atoms with E-state index in [2.05, 4.69) is 25.2 Å². The van der Waals surface area contributed by atoms with E-state index in [0.29, 0.717) is 30.1 Å². The van der Waals surface area contributed by atoms with E-state index in [0.717, 1.165) is 41.9 Å². The van der Waals surface area contributed by atoms with Crippen molar-refractivity contribution in [3.63, 3.8) is 0 Å². The van der Waals surface area contributed by atoms with Gasteiger partial charge in [-0.15, -0.1) is 0 Å². The van der Waals surface area contributed by atoms with Gasteiger partial charge in [-0.1, -0.05) is 29.8 Å². The van der Waals surface area contributed by atoms with Gasteiger partial charge in [-0.05, 0) is 36.6 Å². The van der Waals surface area contributed by atoms with Crippen LogP contribution in [0.1, 0.15) is 22.4 Å². The number of anilines is 2. The first kappa shape index (κ1) is 20.4. The maximum Gasteiger partial charge on any atom is 0.416 e. The molecule has 3 heterocycles. The molecule has 30 heavy (non-hydrogen) atoms. The molecule has 1 aliphatic heterocycles. The van der Waals surface area contributed by atoms with Crippen LogP contribution in [0.2, 0.25) is 5.02 Å². The van der Waals surface area contributed by atoms with Crippen LogP contribution in [0.4, 0.5) is 24.8 Å². The Labute approximate surface area is 176 Å². The summed E-state index contributed by atoms with van der Waals surface area (Å²) < 4.78 is 38.6. The second kappa shape index (κ2) is 8.47. The number of fused-ring (bicyclic) bond motifs is 1. The molecule has 0 atom stereocenters. The molecule has 1 aromatic carbocycles. The number of hydrogen-bond acceptors (Lipinski definition) is 5. The van der Waals surface area contributed by atoms with Gasteiger partial charge in [0.25, 0.3) is 0 Å². The van der Waals surface area contributed by atoms with E-state index in [4.69, 9.17) is 11.6 Å². The summed E-state index contributed by atoms with van der Waals surface area (Å²) in [5.74, 6) is 1.45. The second-order valence-corrected chi connectivity index (χ2v) is 7.41. The lowest BCUT2D eigenvalue weighted by Crippen LogP contribution is -2.32. The van der Waals surface area contributed by atoms with Gasteiger partial charge < -0.3 is 10.2 Å². The number of halogens is 4. The predicted octanol–water partition coefficient (Wildman–Crippen LogP) is 4.76. The summed E-state index contributed by atoms with van der Waals surface area (Å²) in [7, 11) is 0. The summed E-state index contributed by atoms with van der Waals surface area (Å²) in [6.45, 7) is 1.76. The Morgan fingerprint density at radius 2 is 1.97 bits per heavy atom. The molecule has 9 heteroatoms. The lowest BCUT2D eigenvalue weighted by atomic mass is 10.0. The molecule has 3 aromatic rings. The molecule has 0 saturated heterocycles. The largest absolute Gasteiger partial charge is 0.416 e. The standard InChI is InChI=1S/C21H19ClF3N5/c22-17-5-2-8-27-20(17)30-10-7-16-18(12-30)28-13-29-19(16)26-9-6-14-3-1-4-15(11-14)21(23,24)25/h1-5,8,11,13H,6-7,9-10,12H2,(H,26,28,29). The quantitative estimate of drug-likeness (QED) is 0.628. The van der Waals surface area contributed by atoms with Gasteiger partial charge in [-0.25, -0.2) is 15.0 Å². The van der Waals surface area contributed by atoms with Crippen LogP contribution in [0.15, 0.2) is 48.9 Å². The summed E-state index contributed by atoms with van der Waals surface area (Å²) in [5, 5.41) is 3.84. The Balaban J connectivity index is 1.43. The molecule has 0 amide bonds. The maximum absolute atomic E-state index is 12.9. The van der Waals surface area contributed by atoms with Crippen LogP contribution in [0, 0.1) is 0 Å². The van der Waals surface area contributed by atoms with Crippen LogP contribution in [0.25, 0.3) is 0 Å². The minimum Gasteiger partial charge on any atom is -0.369 e. The molecule has 1 aliphatic rings. The Kier molecular flexibility index (Phi) is 5.76. The van der Waals surface area contributed by atoms with Crippen molar-refractivity contribution in [3.8, 4) is 0 Å². The van der Waals surface area contributed by atoms with Crippen molar-refractivity contribution >= 4 is 23.2 Å². The molecule has 0 bridgehead atoms. The third kappa shape index (κ3) is 4.48. The normalized spacial score (nSPS) is 13.8. The van der Waals surface area contributed by atoms with E-state index in [9.17, 15) is 13.2 Å². The molecule has 0 saturated carbocycles. The van der Waals surface area contributed by atoms with Crippen LogP contribution < -0.4 is 10.2 Å². The molecule has 0 radical (unpaired) electrons. The number of benzene rings is 1. The molecule has 0 fully saturated rings. The van der Waals surface area contributed by atoms with Crippen molar-refractivity contribution in [1.82, 2.24) is 15.0 Å². The summed E-state index contributed by atoms with van der Waals surface area (Å²) in [6.07, 6.45) is 0.0390. The summed E-state index contributed by atoms with van der Waals surface area (Å²) >= 11 is 6.26. The van der Waals surface area contributed by atoms with Crippen LogP contribution in [0.5, 0.6) is 0 Å². The average Bonchev–Trinajstić information content (AvgIpc) is 2.73. The summed E-state index contributed by atoms with van der Waals surface area (Å²) in [4.78, 5) is 15.2. The molecular weight excluding hydrogens is 415 g/mol. The van der Waals surface area contributed by atoms with Gasteiger partial charge in [-0.3, -0.25) is 0 Å². The van der Waals surface area contributed by atoms with Crippen LogP contribution >= 0.6 is 11.6 Å². The average molecular weight is 434 g/mol. The highest BCUT2D eigenvalue weighted by molar-refractivity contribution is 6.32. The molecule has 4 rings (SSSR count). The number of aromatic nitrogens is 3. The van der Waals surface area contributed by atoms with Crippen molar-refractivity contribution < 1.29 is 13.2 Å². The van der Waals surface area contributed by atoms with E-state index in [1.54, 1.807) is 24.4 Å². The second-order valence-electron chi connectivity index (χ2n) is 7.00. The van der Waals surface area contributed by atoms with Gasteiger partial charge in [0.15, 0.2) is 0 Å². The molecule has 1 N–H and O–H groups in total. The maximum atomic E-state index is 12.9. The van der Waals surface area contributed by atoms with Crippen molar-refractivity contribution in [3.05, 3.63) is 76.3 Å². The SMILES string of the molecule is FC(F)(F)c1cccc(CCNc2ncnc3c2CCN(c2ncccc2Cl)C3)c1. The first-order chi connectivity index (χ1) is 14.4. The third-order valence-electron chi connectivity index (χ3n) is 5.01. The fourth-order valence-corrected chi connectivity index (χ4v) is 3.77. The van der Waals surface area contributed by atoms with Crippen molar-refractivity contribution in [2.45, 2.75) is 25.6 Å². The lowest BCUT2D eigenvalue weighted by molar-refractivity contribution is -0.137. The smallest absolute Gasteiger partial charge is 0.369 e. The van der Waals surface area contributed by atoms with Gasteiger partial charge in [-0.2, -0.15) is 13.2 Å². The number of nitrogens with one attached hydrogen (secondary N) is 1. The van der Waals surface area contributed by atoms with Gasteiger partial charge in [0.05, 0.1) is 22.8 Å². The van der Waals surface area contributed by atoms with E-state index >= 15 is 0 Å². The van der Waals surface area contributed by atoms with Crippen molar-refractivity contribution in [1.29, 1.82) is 0 Å². The molecule has 0 spiro atoms. The molecule has 0 unspecified atom stereocenters. The monoisotopic (exact) mass is 433 g/mol. The Hall–Kier alpha value is -2.87. The van der Waals surface area contributed by atoms with Gasteiger partial charge in [0, 0.05) is 24.8 Å². The van der Waals surface area contributed by atoms with E-state index in [-0.39, 0.29) is 0 Å². The minimum atomic E-state index is -4.34. The fourth-order valence-electron chi connectivity index (χ4n) is 3.53. The first-order valence-corrected chi connectivity index (χ1v) is 9.88. The zero-order valence-corrected chi connectivity index (χ0v) is 16.7. The fraction of sp³-hybridized carbons (Fsp3) is 0.286. The Morgan fingerprint density at radius 3 is 2.77 bits per heavy atom. The highest BCUT2D eigenvalue weighted by atomic mass is 35.5. The Morgan fingerprint density at radius 1 is 1.10 bits per heavy atom. The molecule has 0 aliphatic carbocycles. The molecule has 5 nitrogen and oxygen atoms in total. The molecule has 2 aromatic heterocycles. The third-order valence-corrected chi connectivity index (χ3v) is 5.30. The van der Waals surface area contributed by atoms with Crippen molar-refractivity contribution in [2.24, 2.45) is 0 Å². The highest BCUT2D eigenvalue weighted by Gasteiger charge is 2.30. The number of hydrogen-bond donors (Lipinski definition) is 1. The topological polar surface area (TPSA) is 53.9 Å². The lowest BCUT2D eigenvalue weighted by Gasteiger charge is -2.30. The minimum absolute atomic E-state index is 0.457. The number of pyridine rings is 1. The molecular formula is C21H19ClF3N5. The van der Waals surface area contributed by atoms with E-state index < -0.39 is 11.7 Å². The molecule has 156 valence electrons. The van der Waals surface area contributed by atoms with Gasteiger partial charge >= 0.3 is 6.18 Å². The van der Waals surface area contributed by atoms with Crippen molar-refractivity contribution in [2.75, 3.05) is 23.3 Å². The van der Waals surface area contributed by atoms with E-state index in [1.807, 2.05) is 0 Å². The zero-order chi connectivity index (χ0) is 21.1. The van der Waals surface area contributed by atoms with Gasteiger partial charge in [0.1, 0.15) is 18.0 Å². The van der Waals surface area contributed by atoms with Gasteiger partial charge in [0.2, 0.25) is 0 Å². The van der Waals surface area contributed by atoms with Crippen LogP contribution in [0.3, 0.4) is 0 Å². The summed E-state index contributed by atoms with van der Waals surface area (Å²) in [6, 6.07) is 8.99.